The Kier molecular flexibility index (Phi) is 8.26. The number of H-pyrrole nitrogens is 1. The fourth-order valence-electron chi connectivity index (χ4n) is 2.08. The third-order valence-corrected chi connectivity index (χ3v) is 3.19. The predicted molar refractivity (Wildman–Crippen MR) is 103 cm³/mol. The number of benzene rings is 1. The van der Waals surface area contributed by atoms with Crippen molar-refractivity contribution in [2.24, 2.45) is 0 Å². The molecule has 0 aliphatic rings. The summed E-state index contributed by atoms with van der Waals surface area (Å²) in [6.45, 7) is 13.0. The summed E-state index contributed by atoms with van der Waals surface area (Å²) in [4.78, 5) is 7.62. The molecule has 0 aliphatic carbocycles. The number of aromatic nitrogens is 2. The molecule has 0 saturated carbocycles. The van der Waals surface area contributed by atoms with Gasteiger partial charge in [-0.25, -0.2) is 9.37 Å². The van der Waals surface area contributed by atoms with Gasteiger partial charge in [0.15, 0.2) is 0 Å². The molecule has 2 rings (SSSR count). The van der Waals surface area contributed by atoms with E-state index in [1.165, 1.54) is 0 Å². The summed E-state index contributed by atoms with van der Waals surface area (Å²) in [5, 5.41) is 3.21. The molecule has 1 aromatic carbocycles. The first-order valence-corrected chi connectivity index (χ1v) is 8.16. The summed E-state index contributed by atoms with van der Waals surface area (Å²) in [6.07, 6.45) is 6.62. The first-order valence-electron chi connectivity index (χ1n) is 8.16. The van der Waals surface area contributed by atoms with Gasteiger partial charge in [-0.05, 0) is 43.2 Å². The van der Waals surface area contributed by atoms with Gasteiger partial charge in [-0.3, -0.25) is 0 Å². The van der Waals surface area contributed by atoms with Gasteiger partial charge in [-0.1, -0.05) is 45.2 Å². The smallest absolute Gasteiger partial charge is 0.205 e. The number of rotatable bonds is 7. The van der Waals surface area contributed by atoms with Crippen LogP contribution in [0.5, 0.6) is 0 Å². The highest BCUT2D eigenvalue weighted by Crippen LogP contribution is 2.19. The van der Waals surface area contributed by atoms with Crippen LogP contribution in [0, 0.1) is 0 Å². The minimum absolute atomic E-state index is 0.286. The van der Waals surface area contributed by atoms with E-state index in [0.29, 0.717) is 18.8 Å². The molecule has 2 N–H and O–H groups in total. The number of nitrogens with one attached hydrogen (secondary N) is 2. The maximum absolute atomic E-state index is 12.7. The predicted octanol–water partition coefficient (Wildman–Crippen LogP) is 6.27. The average Bonchev–Trinajstić information content (AvgIpc) is 2.98. The SMILES string of the molecule is C=Cc1nc(Nc2ccc(CCC(=C)F)cc2)[nH]c1/C=C\C.CC. The number of imidazole rings is 1. The topological polar surface area (TPSA) is 40.7 Å². The number of allylic oxidation sites excluding steroid dienone is 2. The van der Waals surface area contributed by atoms with Crippen molar-refractivity contribution in [2.45, 2.75) is 33.6 Å². The molecule has 2 aromatic rings. The van der Waals surface area contributed by atoms with Crippen molar-refractivity contribution < 1.29 is 4.39 Å². The molecule has 4 heteroatoms. The van der Waals surface area contributed by atoms with Gasteiger partial charge in [0.2, 0.25) is 5.95 Å². The molecule has 0 saturated heterocycles. The molecule has 0 atom stereocenters. The molecule has 0 bridgehead atoms. The van der Waals surface area contributed by atoms with Gasteiger partial charge in [0.1, 0.15) is 0 Å². The number of aryl methyl sites for hydroxylation is 1. The Bertz CT molecular complexity index is 681. The van der Waals surface area contributed by atoms with E-state index in [1.54, 1.807) is 6.08 Å². The summed E-state index contributed by atoms with van der Waals surface area (Å²) in [7, 11) is 0. The highest BCUT2D eigenvalue weighted by molar-refractivity contribution is 5.63. The molecule has 3 nitrogen and oxygen atoms in total. The third-order valence-electron chi connectivity index (χ3n) is 3.19. The van der Waals surface area contributed by atoms with Gasteiger partial charge in [0, 0.05) is 12.1 Å². The Morgan fingerprint density at radius 3 is 2.50 bits per heavy atom. The van der Waals surface area contributed by atoms with Gasteiger partial charge in [0.05, 0.1) is 17.2 Å². The maximum atomic E-state index is 12.7. The van der Waals surface area contributed by atoms with Gasteiger partial charge in [0.25, 0.3) is 0 Å². The second kappa shape index (κ2) is 10.2. The highest BCUT2D eigenvalue weighted by atomic mass is 19.1. The molecular formula is C20H26FN3. The zero-order valence-electron chi connectivity index (χ0n) is 14.7. The number of hydrogen-bond acceptors (Lipinski definition) is 2. The van der Waals surface area contributed by atoms with E-state index in [-0.39, 0.29) is 5.83 Å². The molecule has 0 spiro atoms. The quantitative estimate of drug-likeness (QED) is 0.629. The van der Waals surface area contributed by atoms with E-state index in [0.717, 1.165) is 22.6 Å². The number of aromatic amines is 1. The average molecular weight is 327 g/mol. The number of anilines is 2. The van der Waals surface area contributed by atoms with E-state index in [9.17, 15) is 4.39 Å². The Morgan fingerprint density at radius 2 is 1.96 bits per heavy atom. The molecule has 0 radical (unpaired) electrons. The first-order chi connectivity index (χ1) is 11.6. The Balaban J connectivity index is 0.00000139. The Hall–Kier alpha value is -2.62. The van der Waals surface area contributed by atoms with Crippen molar-refractivity contribution in [3.63, 3.8) is 0 Å². The monoisotopic (exact) mass is 327 g/mol. The van der Waals surface area contributed by atoms with Crippen molar-refractivity contribution >= 4 is 23.8 Å². The van der Waals surface area contributed by atoms with Crippen molar-refractivity contribution in [1.82, 2.24) is 9.97 Å². The van der Waals surface area contributed by atoms with Gasteiger partial charge < -0.3 is 10.3 Å². The van der Waals surface area contributed by atoms with E-state index >= 15 is 0 Å². The van der Waals surface area contributed by atoms with Crippen molar-refractivity contribution in [2.75, 3.05) is 5.32 Å². The van der Waals surface area contributed by atoms with Gasteiger partial charge in [-0.2, -0.15) is 0 Å². The lowest BCUT2D eigenvalue weighted by molar-refractivity contribution is 0.593. The fraction of sp³-hybridized carbons (Fsp3) is 0.250. The standard InChI is InChI=1S/C18H20FN3.C2H6/c1-4-6-17-16(5-2)21-18(22-17)20-15-11-9-14(10-12-15)8-7-13(3)19;1-2/h4-6,9-12H,2-3,7-8H2,1H3,(H2,20,21,22);1-2H3/b6-4-;. The van der Waals surface area contributed by atoms with Crippen LogP contribution in [0.2, 0.25) is 0 Å². The molecular weight excluding hydrogens is 301 g/mol. The third kappa shape index (κ3) is 5.88. The first kappa shape index (κ1) is 19.4. The number of nitrogens with zero attached hydrogens (tertiary/aromatic N) is 1. The zero-order chi connectivity index (χ0) is 17.9. The van der Waals surface area contributed by atoms with Crippen molar-refractivity contribution in [1.29, 1.82) is 0 Å². The van der Waals surface area contributed by atoms with Crippen LogP contribution in [0.15, 0.2) is 49.3 Å². The van der Waals surface area contributed by atoms with Crippen LogP contribution in [-0.4, -0.2) is 9.97 Å². The minimum Gasteiger partial charge on any atom is -0.326 e. The fourth-order valence-corrected chi connectivity index (χ4v) is 2.08. The van der Waals surface area contributed by atoms with Gasteiger partial charge in [-0.15, -0.1) is 0 Å². The molecule has 128 valence electrons. The van der Waals surface area contributed by atoms with E-state index < -0.39 is 0 Å². The lowest BCUT2D eigenvalue weighted by Gasteiger charge is -2.04. The van der Waals surface area contributed by atoms with Crippen LogP contribution in [0.1, 0.15) is 44.1 Å². The summed E-state index contributed by atoms with van der Waals surface area (Å²) in [5.74, 6) is 0.374. The van der Waals surface area contributed by atoms with Crippen LogP contribution in [-0.2, 0) is 6.42 Å². The molecule has 0 amide bonds. The Labute approximate surface area is 144 Å². The van der Waals surface area contributed by atoms with Crippen molar-refractivity contribution in [3.05, 3.63) is 66.3 Å². The lowest BCUT2D eigenvalue weighted by atomic mass is 10.1. The summed E-state index contributed by atoms with van der Waals surface area (Å²) in [6, 6.07) is 7.83. The van der Waals surface area contributed by atoms with E-state index in [1.807, 2.05) is 57.2 Å². The van der Waals surface area contributed by atoms with E-state index in [2.05, 4.69) is 28.4 Å². The molecule has 0 unspecified atom stereocenters. The Morgan fingerprint density at radius 1 is 1.29 bits per heavy atom. The van der Waals surface area contributed by atoms with Gasteiger partial charge >= 0.3 is 0 Å². The summed E-state index contributed by atoms with van der Waals surface area (Å²) < 4.78 is 12.7. The lowest BCUT2D eigenvalue weighted by Crippen LogP contribution is -1.93. The van der Waals surface area contributed by atoms with Crippen LogP contribution in [0.25, 0.3) is 12.2 Å². The van der Waals surface area contributed by atoms with E-state index in [4.69, 9.17) is 0 Å². The summed E-state index contributed by atoms with van der Waals surface area (Å²) >= 11 is 0. The highest BCUT2D eigenvalue weighted by Gasteiger charge is 2.05. The largest absolute Gasteiger partial charge is 0.326 e. The number of hydrogen-bond donors (Lipinski definition) is 2. The van der Waals surface area contributed by atoms with Crippen LogP contribution >= 0.6 is 0 Å². The zero-order valence-corrected chi connectivity index (χ0v) is 14.7. The van der Waals surface area contributed by atoms with Crippen molar-refractivity contribution in [3.8, 4) is 0 Å². The second-order valence-electron chi connectivity index (χ2n) is 4.93. The minimum atomic E-state index is -0.286. The van der Waals surface area contributed by atoms with Crippen LogP contribution in [0.4, 0.5) is 16.0 Å². The number of halogens is 1. The molecule has 1 heterocycles. The van der Waals surface area contributed by atoms with Crippen LogP contribution < -0.4 is 5.32 Å². The maximum Gasteiger partial charge on any atom is 0.205 e. The molecule has 0 aliphatic heterocycles. The molecule has 24 heavy (non-hydrogen) atoms. The summed E-state index contributed by atoms with van der Waals surface area (Å²) in [5.41, 5.74) is 3.71. The molecule has 0 fully saturated rings. The molecule has 1 aromatic heterocycles. The normalized spacial score (nSPS) is 10.2. The second-order valence-corrected chi connectivity index (χ2v) is 4.93. The van der Waals surface area contributed by atoms with Crippen LogP contribution in [0.3, 0.4) is 0 Å².